The minimum atomic E-state index is -1.10. The van der Waals surface area contributed by atoms with E-state index in [-0.39, 0.29) is 11.1 Å². The highest BCUT2D eigenvalue weighted by Crippen LogP contribution is 2.36. The maximum Gasteiger partial charge on any atom is 0.331 e. The largest absolute Gasteiger partial charge is 0.478 e. The Balaban J connectivity index is 2.83. The number of aryl methyl sites for hydroxylation is 1. The summed E-state index contributed by atoms with van der Waals surface area (Å²) in [4.78, 5) is 27.4. The Morgan fingerprint density at radius 3 is 2.59 bits per heavy atom. The van der Waals surface area contributed by atoms with Gasteiger partial charge in [-0.15, -0.1) is 0 Å². The number of nitrogens with zero attached hydrogens (tertiary/aromatic N) is 2. The average molecular weight is 230 g/mol. The number of allylic oxidation sites excluding steroid dienone is 1. The first-order chi connectivity index (χ1) is 7.86. The lowest BCUT2D eigenvalue weighted by atomic mass is 9.80. The minimum absolute atomic E-state index is 0.0511. The van der Waals surface area contributed by atoms with Crippen LogP contribution in [0.4, 0.5) is 0 Å². The van der Waals surface area contributed by atoms with Crippen molar-refractivity contribution >= 4 is 19.4 Å². The molecule has 0 aliphatic heterocycles. The van der Waals surface area contributed by atoms with Gasteiger partial charge < -0.3 is 5.11 Å². The summed E-state index contributed by atoms with van der Waals surface area (Å²) in [6, 6.07) is 0. The Kier molecular flexibility index (Phi) is 2.45. The lowest BCUT2D eigenvalue weighted by Crippen LogP contribution is -2.25. The van der Waals surface area contributed by atoms with Gasteiger partial charge in [-0.05, 0) is 25.2 Å². The smallest absolute Gasteiger partial charge is 0.331 e. The first-order valence-corrected chi connectivity index (χ1v) is 5.13. The van der Waals surface area contributed by atoms with Gasteiger partial charge >= 0.3 is 5.97 Å². The van der Waals surface area contributed by atoms with E-state index in [2.05, 4.69) is 4.98 Å². The van der Waals surface area contributed by atoms with Crippen LogP contribution in [-0.2, 0) is 11.8 Å². The molecule has 0 bridgehead atoms. The molecule has 0 spiro atoms. The van der Waals surface area contributed by atoms with E-state index >= 15 is 0 Å². The molecule has 6 heteroatoms. The van der Waals surface area contributed by atoms with Crippen LogP contribution in [0.5, 0.6) is 0 Å². The fourth-order valence-electron chi connectivity index (χ4n) is 2.11. The maximum atomic E-state index is 12.0. The molecule has 0 saturated heterocycles. The molecule has 1 N–H and O–H groups in total. The van der Waals surface area contributed by atoms with Gasteiger partial charge in [-0.2, -0.15) is 0 Å². The molecule has 1 unspecified atom stereocenters. The zero-order valence-electron chi connectivity index (χ0n) is 9.81. The summed E-state index contributed by atoms with van der Waals surface area (Å²) < 4.78 is 1.39. The third-order valence-electron chi connectivity index (χ3n) is 3.16. The van der Waals surface area contributed by atoms with Crippen molar-refractivity contribution in [3.63, 3.8) is 0 Å². The highest BCUT2D eigenvalue weighted by molar-refractivity contribution is 6.22. The van der Waals surface area contributed by atoms with Gasteiger partial charge in [-0.25, -0.2) is 9.78 Å². The van der Waals surface area contributed by atoms with Crippen LogP contribution in [-0.4, -0.2) is 28.5 Å². The van der Waals surface area contributed by atoms with Crippen molar-refractivity contribution in [2.75, 3.05) is 0 Å². The molecule has 1 heterocycles. The van der Waals surface area contributed by atoms with E-state index in [1.54, 1.807) is 20.9 Å². The number of carbonyl (C=O) groups is 1. The van der Waals surface area contributed by atoms with E-state index in [0.29, 0.717) is 22.7 Å². The maximum absolute atomic E-state index is 12.0. The van der Waals surface area contributed by atoms with Crippen LogP contribution in [0.1, 0.15) is 29.8 Å². The van der Waals surface area contributed by atoms with Gasteiger partial charge in [0.15, 0.2) is 0 Å². The van der Waals surface area contributed by atoms with E-state index in [1.807, 2.05) is 0 Å². The number of carboxylic acids is 1. The van der Waals surface area contributed by atoms with Gasteiger partial charge in [0.25, 0.3) is 5.56 Å². The van der Waals surface area contributed by atoms with Crippen LogP contribution >= 0.6 is 0 Å². The topological polar surface area (TPSA) is 72.2 Å². The fourth-order valence-corrected chi connectivity index (χ4v) is 2.11. The zero-order valence-corrected chi connectivity index (χ0v) is 9.81. The second kappa shape index (κ2) is 3.58. The molecule has 1 aliphatic carbocycles. The Labute approximate surface area is 99.2 Å². The van der Waals surface area contributed by atoms with Crippen LogP contribution in [0.2, 0.25) is 0 Å². The van der Waals surface area contributed by atoms with Crippen molar-refractivity contribution in [1.29, 1.82) is 0 Å². The molecule has 1 aromatic heterocycles. The number of rotatable bonds is 1. The lowest BCUT2D eigenvalue weighted by Gasteiger charge is -2.09. The molecular weight excluding hydrogens is 219 g/mol. The SMILES string of the molecule is [B]C1C(C(=O)O)=C(C)c2c1nc(C)n(C)c2=O. The van der Waals surface area contributed by atoms with Crippen molar-refractivity contribution in [1.82, 2.24) is 9.55 Å². The van der Waals surface area contributed by atoms with Crippen molar-refractivity contribution in [2.24, 2.45) is 7.05 Å². The van der Waals surface area contributed by atoms with Crippen LogP contribution < -0.4 is 5.56 Å². The zero-order chi connectivity index (χ0) is 12.9. The Morgan fingerprint density at radius 2 is 2.06 bits per heavy atom. The first-order valence-electron chi connectivity index (χ1n) is 5.13. The second-order valence-corrected chi connectivity index (χ2v) is 4.10. The van der Waals surface area contributed by atoms with Gasteiger partial charge in [-0.3, -0.25) is 9.36 Å². The van der Waals surface area contributed by atoms with Crippen LogP contribution in [0, 0.1) is 6.92 Å². The lowest BCUT2D eigenvalue weighted by molar-refractivity contribution is -0.132. The van der Waals surface area contributed by atoms with Crippen LogP contribution in [0.25, 0.3) is 5.57 Å². The quantitative estimate of drug-likeness (QED) is 0.698. The fraction of sp³-hybridized carbons (Fsp3) is 0.364. The highest BCUT2D eigenvalue weighted by Gasteiger charge is 2.33. The molecule has 0 amide bonds. The Morgan fingerprint density at radius 1 is 1.47 bits per heavy atom. The third-order valence-corrected chi connectivity index (χ3v) is 3.16. The summed E-state index contributed by atoms with van der Waals surface area (Å²) in [5.74, 6) is -1.41. The van der Waals surface area contributed by atoms with E-state index in [0.717, 1.165) is 0 Å². The number of hydrogen-bond acceptors (Lipinski definition) is 3. The monoisotopic (exact) mass is 230 g/mol. The van der Waals surface area contributed by atoms with Crippen molar-refractivity contribution in [3.8, 4) is 0 Å². The summed E-state index contributed by atoms with van der Waals surface area (Å²) >= 11 is 0. The van der Waals surface area contributed by atoms with Crippen LogP contribution in [0.3, 0.4) is 0 Å². The van der Waals surface area contributed by atoms with Crippen molar-refractivity contribution < 1.29 is 9.90 Å². The first kappa shape index (κ1) is 11.6. The molecule has 86 valence electrons. The van der Waals surface area contributed by atoms with Gasteiger partial charge in [0.1, 0.15) is 5.82 Å². The van der Waals surface area contributed by atoms with Gasteiger partial charge in [-0.1, -0.05) is 0 Å². The molecule has 0 aromatic carbocycles. The third kappa shape index (κ3) is 1.44. The summed E-state index contributed by atoms with van der Waals surface area (Å²) in [5, 5.41) is 9.08. The number of aromatic nitrogens is 2. The second-order valence-electron chi connectivity index (χ2n) is 4.10. The van der Waals surface area contributed by atoms with Crippen molar-refractivity contribution in [2.45, 2.75) is 19.7 Å². The Bertz CT molecular complexity index is 616. The number of fused-ring (bicyclic) bond motifs is 1. The summed E-state index contributed by atoms with van der Waals surface area (Å²) in [7, 11) is 7.42. The van der Waals surface area contributed by atoms with E-state index in [1.165, 1.54) is 4.57 Å². The minimum Gasteiger partial charge on any atom is -0.478 e. The molecular formula is C11H11BN2O3. The molecule has 17 heavy (non-hydrogen) atoms. The van der Waals surface area contributed by atoms with E-state index in [4.69, 9.17) is 13.0 Å². The molecule has 2 radical (unpaired) electrons. The van der Waals surface area contributed by atoms with Gasteiger partial charge in [0.05, 0.1) is 19.1 Å². The van der Waals surface area contributed by atoms with Gasteiger partial charge in [0, 0.05) is 12.6 Å². The van der Waals surface area contributed by atoms with Crippen LogP contribution in [0.15, 0.2) is 10.4 Å². The van der Waals surface area contributed by atoms with Crippen molar-refractivity contribution in [3.05, 3.63) is 33.0 Å². The molecule has 2 rings (SSSR count). The summed E-state index contributed by atoms with van der Waals surface area (Å²) in [6.07, 6.45) is 0. The normalized spacial score (nSPS) is 18.4. The molecule has 1 atom stereocenters. The predicted molar refractivity (Wildman–Crippen MR) is 62.9 cm³/mol. The standard InChI is InChI=1S/C11H11BN2O3/c1-4-6(11(16)17)8(12)9-7(4)10(15)14(3)5(2)13-9/h8H,1-3H3,(H,16,17). The highest BCUT2D eigenvalue weighted by atomic mass is 16.4. The number of carboxylic acid groups (broad SMARTS) is 1. The molecule has 0 fully saturated rings. The molecule has 1 aromatic rings. The molecule has 1 aliphatic rings. The Hall–Kier alpha value is -1.85. The molecule has 0 saturated carbocycles. The summed E-state index contributed by atoms with van der Waals surface area (Å²) in [6.45, 7) is 3.27. The van der Waals surface area contributed by atoms with Gasteiger partial charge in [0.2, 0.25) is 0 Å². The summed E-state index contributed by atoms with van der Waals surface area (Å²) in [5.41, 5.74) is 0.892. The van der Waals surface area contributed by atoms with E-state index in [9.17, 15) is 9.59 Å². The average Bonchev–Trinajstić information content (AvgIpc) is 2.48. The molecule has 5 nitrogen and oxygen atoms in total. The number of aliphatic carboxylic acids is 1. The number of hydrogen-bond donors (Lipinski definition) is 1. The van der Waals surface area contributed by atoms with E-state index < -0.39 is 11.8 Å². The predicted octanol–water partition coefficient (Wildman–Crippen LogP) is 0.170.